The number of aromatic nitrogens is 3. The molecule has 7 nitrogen and oxygen atoms in total. The lowest BCUT2D eigenvalue weighted by Gasteiger charge is -2.08. The summed E-state index contributed by atoms with van der Waals surface area (Å²) in [7, 11) is -3.07. The van der Waals surface area contributed by atoms with Gasteiger partial charge in [-0.2, -0.15) is 0 Å². The van der Waals surface area contributed by atoms with Crippen LogP contribution in [-0.4, -0.2) is 34.5 Å². The molecular formula is C22H23N3O4S2. The maximum atomic E-state index is 13.4. The molecule has 0 spiro atoms. The van der Waals surface area contributed by atoms with Gasteiger partial charge in [-0.25, -0.2) is 17.8 Å². The Morgan fingerprint density at radius 3 is 2.71 bits per heavy atom. The lowest BCUT2D eigenvalue weighted by molar-refractivity contribution is 0.596. The minimum Gasteiger partial charge on any atom is -0.346 e. The molecule has 0 saturated carbocycles. The normalized spacial score (nSPS) is 14.7. The predicted molar refractivity (Wildman–Crippen MR) is 125 cm³/mol. The maximum absolute atomic E-state index is 13.4. The van der Waals surface area contributed by atoms with Crippen molar-refractivity contribution in [2.24, 2.45) is 0 Å². The molecule has 9 heteroatoms. The van der Waals surface area contributed by atoms with Crippen LogP contribution < -0.4 is 11.2 Å². The van der Waals surface area contributed by atoms with Crippen LogP contribution in [0.2, 0.25) is 0 Å². The Hall–Kier alpha value is -2.65. The minimum atomic E-state index is -3.07. The molecule has 1 aliphatic carbocycles. The summed E-state index contributed by atoms with van der Waals surface area (Å²) >= 11 is 1.54. The molecule has 0 bridgehead atoms. The Balaban J connectivity index is 1.63. The fourth-order valence-electron chi connectivity index (χ4n) is 4.43. The molecule has 1 N–H and O–H groups in total. The summed E-state index contributed by atoms with van der Waals surface area (Å²) in [4.78, 5) is 31.1. The van der Waals surface area contributed by atoms with Crippen LogP contribution in [0.3, 0.4) is 0 Å². The van der Waals surface area contributed by atoms with Gasteiger partial charge in [0.1, 0.15) is 14.7 Å². The number of fused-ring (bicyclic) bond motifs is 4. The van der Waals surface area contributed by atoms with Crippen molar-refractivity contribution in [3.8, 4) is 5.69 Å². The van der Waals surface area contributed by atoms with Crippen LogP contribution in [0.15, 0.2) is 40.1 Å². The zero-order valence-electron chi connectivity index (χ0n) is 17.2. The maximum Gasteiger partial charge on any atom is 0.334 e. The van der Waals surface area contributed by atoms with E-state index >= 15 is 0 Å². The zero-order chi connectivity index (χ0) is 21.8. The van der Waals surface area contributed by atoms with Crippen molar-refractivity contribution >= 4 is 42.3 Å². The summed E-state index contributed by atoms with van der Waals surface area (Å²) in [6.07, 6.45) is 8.22. The van der Waals surface area contributed by atoms with Gasteiger partial charge >= 0.3 is 5.69 Å². The number of hydrogen-bond acceptors (Lipinski definition) is 5. The molecule has 0 atom stereocenters. The number of aryl methyl sites for hydroxylation is 3. The van der Waals surface area contributed by atoms with E-state index in [1.54, 1.807) is 12.1 Å². The average Bonchev–Trinajstić information content (AvgIpc) is 3.18. The van der Waals surface area contributed by atoms with Crippen LogP contribution >= 0.6 is 11.3 Å². The van der Waals surface area contributed by atoms with Gasteiger partial charge in [-0.05, 0) is 55.5 Å². The highest BCUT2D eigenvalue weighted by Crippen LogP contribution is 2.32. The first-order valence-corrected chi connectivity index (χ1v) is 13.3. The standard InChI is InChI=1S/C22H23N3O4S2/c1-31(28,29)12-11-24-10-9-14-13-15(7-8-17(14)24)25-21(26)19-16-5-3-2-4-6-18(16)30-20(19)23-22(25)27/h7-10,13H,2-6,11-12H2,1H3,(H,23,27). The first-order valence-electron chi connectivity index (χ1n) is 10.4. The highest BCUT2D eigenvalue weighted by atomic mass is 32.2. The van der Waals surface area contributed by atoms with Crippen LogP contribution in [0.1, 0.15) is 29.7 Å². The molecule has 4 aromatic rings. The second-order valence-electron chi connectivity index (χ2n) is 8.22. The van der Waals surface area contributed by atoms with E-state index in [0.29, 0.717) is 22.4 Å². The third-order valence-electron chi connectivity index (χ3n) is 5.98. The van der Waals surface area contributed by atoms with Gasteiger partial charge in [-0.15, -0.1) is 11.3 Å². The lowest BCUT2D eigenvalue weighted by atomic mass is 10.1. The van der Waals surface area contributed by atoms with Crippen LogP contribution in [0.5, 0.6) is 0 Å². The summed E-state index contributed by atoms with van der Waals surface area (Å²) in [6.45, 7) is 0.356. The monoisotopic (exact) mass is 457 g/mol. The summed E-state index contributed by atoms with van der Waals surface area (Å²) in [5.41, 5.74) is 1.76. The number of nitrogens with zero attached hydrogens (tertiary/aromatic N) is 2. The van der Waals surface area contributed by atoms with E-state index in [9.17, 15) is 18.0 Å². The van der Waals surface area contributed by atoms with Gasteiger partial charge in [0, 0.05) is 34.8 Å². The number of H-pyrrole nitrogens is 1. The van der Waals surface area contributed by atoms with Gasteiger partial charge in [0.25, 0.3) is 5.56 Å². The van der Waals surface area contributed by atoms with Crippen LogP contribution in [0, 0.1) is 0 Å². The van der Waals surface area contributed by atoms with E-state index in [1.165, 1.54) is 27.0 Å². The zero-order valence-corrected chi connectivity index (χ0v) is 18.8. The van der Waals surface area contributed by atoms with E-state index < -0.39 is 15.5 Å². The highest BCUT2D eigenvalue weighted by Gasteiger charge is 2.20. The molecule has 5 rings (SSSR count). The van der Waals surface area contributed by atoms with Gasteiger partial charge in [-0.3, -0.25) is 9.78 Å². The number of hydrogen-bond donors (Lipinski definition) is 1. The largest absolute Gasteiger partial charge is 0.346 e. The fraction of sp³-hybridized carbons (Fsp3) is 0.364. The van der Waals surface area contributed by atoms with Crippen molar-refractivity contribution in [1.82, 2.24) is 14.1 Å². The van der Waals surface area contributed by atoms with Crippen molar-refractivity contribution in [3.63, 3.8) is 0 Å². The molecule has 0 amide bonds. The Bertz CT molecular complexity index is 1540. The number of sulfone groups is 1. The summed E-state index contributed by atoms with van der Waals surface area (Å²) < 4.78 is 26.1. The molecule has 31 heavy (non-hydrogen) atoms. The topological polar surface area (TPSA) is 93.9 Å². The van der Waals surface area contributed by atoms with E-state index in [0.717, 1.165) is 48.6 Å². The minimum absolute atomic E-state index is 0.0532. The molecule has 0 radical (unpaired) electrons. The van der Waals surface area contributed by atoms with Crippen molar-refractivity contribution in [2.75, 3.05) is 12.0 Å². The van der Waals surface area contributed by atoms with Gasteiger partial charge < -0.3 is 4.57 Å². The number of rotatable bonds is 4. The predicted octanol–water partition coefficient (Wildman–Crippen LogP) is 3.01. The third-order valence-corrected chi connectivity index (χ3v) is 8.11. The molecule has 162 valence electrons. The molecule has 3 heterocycles. The van der Waals surface area contributed by atoms with Crippen LogP contribution in [-0.2, 0) is 29.2 Å². The smallest absolute Gasteiger partial charge is 0.334 e. The number of nitrogens with one attached hydrogen (secondary N) is 1. The van der Waals surface area contributed by atoms with E-state index in [-0.39, 0.29) is 11.3 Å². The van der Waals surface area contributed by atoms with E-state index in [1.807, 2.05) is 22.9 Å². The lowest BCUT2D eigenvalue weighted by Crippen LogP contribution is -2.33. The molecule has 0 aliphatic heterocycles. The Morgan fingerprint density at radius 1 is 1.10 bits per heavy atom. The van der Waals surface area contributed by atoms with Crippen molar-refractivity contribution in [3.05, 3.63) is 61.7 Å². The molecule has 0 saturated heterocycles. The van der Waals surface area contributed by atoms with Crippen molar-refractivity contribution < 1.29 is 8.42 Å². The highest BCUT2D eigenvalue weighted by molar-refractivity contribution is 7.90. The Labute approximate surface area is 182 Å². The first-order chi connectivity index (χ1) is 14.8. The SMILES string of the molecule is CS(=O)(=O)CCn1ccc2cc(-n3c(=O)[nH]c4sc5c(c4c3=O)CCCCC5)ccc21. The summed E-state index contributed by atoms with van der Waals surface area (Å²) in [5.74, 6) is 0.0532. The molecule has 0 fully saturated rings. The van der Waals surface area contributed by atoms with Crippen LogP contribution in [0.25, 0.3) is 26.8 Å². The van der Waals surface area contributed by atoms with Crippen molar-refractivity contribution in [2.45, 2.75) is 38.6 Å². The Kier molecular flexibility index (Phi) is 4.90. The first kappa shape index (κ1) is 20.3. The van der Waals surface area contributed by atoms with E-state index in [2.05, 4.69) is 4.98 Å². The summed E-state index contributed by atoms with van der Waals surface area (Å²) in [6, 6.07) is 7.25. The number of aromatic amines is 1. The average molecular weight is 458 g/mol. The molecule has 0 unspecified atom stereocenters. The van der Waals surface area contributed by atoms with E-state index in [4.69, 9.17) is 0 Å². The van der Waals surface area contributed by atoms with Crippen LogP contribution in [0.4, 0.5) is 0 Å². The van der Waals surface area contributed by atoms with Gasteiger partial charge in [-0.1, -0.05) is 6.42 Å². The Morgan fingerprint density at radius 2 is 1.90 bits per heavy atom. The quantitative estimate of drug-likeness (QED) is 0.477. The third kappa shape index (κ3) is 3.65. The summed E-state index contributed by atoms with van der Waals surface area (Å²) in [5, 5.41) is 1.49. The van der Waals surface area contributed by atoms with Gasteiger partial charge in [0.15, 0.2) is 0 Å². The molecule has 1 aromatic carbocycles. The van der Waals surface area contributed by atoms with Gasteiger partial charge in [0.05, 0.1) is 16.8 Å². The molecule has 1 aliphatic rings. The fourth-order valence-corrected chi connectivity index (χ4v) is 6.23. The number of benzene rings is 1. The second-order valence-corrected chi connectivity index (χ2v) is 11.6. The second kappa shape index (κ2) is 7.49. The van der Waals surface area contributed by atoms with Gasteiger partial charge in [0.2, 0.25) is 0 Å². The molecule has 3 aromatic heterocycles. The molecular weight excluding hydrogens is 434 g/mol. The van der Waals surface area contributed by atoms with Crippen molar-refractivity contribution in [1.29, 1.82) is 0 Å². The number of thiophene rings is 1.